The summed E-state index contributed by atoms with van der Waals surface area (Å²) in [5, 5.41) is 0.586. The van der Waals surface area contributed by atoms with Gasteiger partial charge in [-0.15, -0.1) is 0 Å². The van der Waals surface area contributed by atoms with Crippen molar-refractivity contribution in [1.82, 2.24) is 4.98 Å². The summed E-state index contributed by atoms with van der Waals surface area (Å²) >= 11 is 1.25. The molecular formula is C20H24N2O3S. The van der Waals surface area contributed by atoms with Gasteiger partial charge in [0.05, 0.1) is 12.3 Å². The van der Waals surface area contributed by atoms with E-state index in [1.54, 1.807) is 18.7 Å². The van der Waals surface area contributed by atoms with Gasteiger partial charge in [0.25, 0.3) is 5.91 Å². The number of aryl methyl sites for hydroxylation is 2. The Morgan fingerprint density at radius 2 is 1.85 bits per heavy atom. The molecule has 0 atom stereocenters. The summed E-state index contributed by atoms with van der Waals surface area (Å²) in [6.07, 6.45) is 4.14. The smallest absolute Gasteiger partial charge is 0.350 e. The van der Waals surface area contributed by atoms with E-state index >= 15 is 0 Å². The van der Waals surface area contributed by atoms with E-state index < -0.39 is 0 Å². The van der Waals surface area contributed by atoms with E-state index in [0.717, 1.165) is 31.2 Å². The van der Waals surface area contributed by atoms with Gasteiger partial charge in [0, 0.05) is 11.6 Å². The van der Waals surface area contributed by atoms with E-state index in [9.17, 15) is 9.59 Å². The minimum Gasteiger partial charge on any atom is -0.462 e. The van der Waals surface area contributed by atoms with Crippen LogP contribution in [0.4, 0.5) is 5.13 Å². The molecule has 1 heterocycles. The summed E-state index contributed by atoms with van der Waals surface area (Å²) in [7, 11) is 0. The maximum Gasteiger partial charge on any atom is 0.350 e. The third-order valence-electron chi connectivity index (χ3n) is 4.66. The summed E-state index contributed by atoms with van der Waals surface area (Å²) in [6.45, 7) is 5.88. The first-order valence-electron chi connectivity index (χ1n) is 9.06. The van der Waals surface area contributed by atoms with Gasteiger partial charge in [-0.2, -0.15) is 0 Å². The average molecular weight is 372 g/mol. The van der Waals surface area contributed by atoms with Gasteiger partial charge in [0.15, 0.2) is 5.13 Å². The summed E-state index contributed by atoms with van der Waals surface area (Å²) in [5.41, 5.74) is 2.37. The van der Waals surface area contributed by atoms with Crippen LogP contribution in [0.2, 0.25) is 0 Å². The number of thiazole rings is 1. The zero-order valence-electron chi connectivity index (χ0n) is 15.4. The number of carbonyl (C=O) groups is 2. The largest absolute Gasteiger partial charge is 0.462 e. The number of rotatable bonds is 5. The quantitative estimate of drug-likeness (QED) is 0.724. The Morgan fingerprint density at radius 3 is 2.46 bits per heavy atom. The van der Waals surface area contributed by atoms with Gasteiger partial charge >= 0.3 is 5.97 Å². The molecule has 3 rings (SSSR count). The second-order valence-electron chi connectivity index (χ2n) is 6.61. The maximum atomic E-state index is 13.2. The monoisotopic (exact) mass is 372 g/mol. The maximum absolute atomic E-state index is 13.2. The van der Waals surface area contributed by atoms with Crippen molar-refractivity contribution in [2.75, 3.05) is 11.5 Å². The Bertz CT molecular complexity index is 792. The number of hydrogen-bond acceptors (Lipinski definition) is 5. The molecule has 26 heavy (non-hydrogen) atoms. The number of esters is 1. The highest BCUT2D eigenvalue weighted by Gasteiger charge is 2.32. The number of amides is 1. The van der Waals surface area contributed by atoms with Crippen LogP contribution in [0.25, 0.3) is 0 Å². The Morgan fingerprint density at radius 1 is 1.19 bits per heavy atom. The number of anilines is 1. The molecule has 1 aromatic heterocycles. The highest BCUT2D eigenvalue weighted by molar-refractivity contribution is 7.17. The fourth-order valence-corrected chi connectivity index (χ4v) is 4.31. The lowest BCUT2D eigenvalue weighted by molar-refractivity contribution is 0.0531. The van der Waals surface area contributed by atoms with Gasteiger partial charge in [-0.05, 0) is 45.7 Å². The van der Waals surface area contributed by atoms with E-state index in [1.165, 1.54) is 11.3 Å². The van der Waals surface area contributed by atoms with E-state index in [-0.39, 0.29) is 17.9 Å². The molecule has 6 heteroatoms. The van der Waals surface area contributed by atoms with Crippen LogP contribution in [0.3, 0.4) is 0 Å². The normalized spacial score (nSPS) is 14.4. The minimum absolute atomic E-state index is 0.0546. The number of nitrogens with zero attached hydrogens (tertiary/aromatic N) is 2. The van der Waals surface area contributed by atoms with Crippen LogP contribution in [0.15, 0.2) is 24.3 Å². The molecule has 0 spiro atoms. The summed E-state index contributed by atoms with van der Waals surface area (Å²) in [4.78, 5) is 32.2. The van der Waals surface area contributed by atoms with E-state index in [4.69, 9.17) is 4.74 Å². The zero-order valence-corrected chi connectivity index (χ0v) is 16.3. The lowest BCUT2D eigenvalue weighted by atomic mass is 10.1. The van der Waals surface area contributed by atoms with E-state index in [2.05, 4.69) is 4.98 Å². The number of benzene rings is 1. The summed E-state index contributed by atoms with van der Waals surface area (Å²) < 4.78 is 5.11. The fraction of sp³-hybridized carbons (Fsp3) is 0.450. The standard InChI is InChI=1S/C20H24N2O3S/c1-4-25-19(24)17-14(3)21-20(26-17)22(16-7-5-6-8-16)18(23)15-11-9-13(2)10-12-15/h9-12,16H,4-8H2,1-3H3. The minimum atomic E-state index is -0.372. The van der Waals surface area contributed by atoms with Gasteiger partial charge in [-0.25, -0.2) is 9.78 Å². The van der Waals surface area contributed by atoms with Crippen molar-refractivity contribution >= 4 is 28.3 Å². The first-order valence-corrected chi connectivity index (χ1v) is 9.87. The van der Waals surface area contributed by atoms with Crippen LogP contribution in [0.5, 0.6) is 0 Å². The Kier molecular flexibility index (Phi) is 5.71. The summed E-state index contributed by atoms with van der Waals surface area (Å²) in [5.74, 6) is -0.427. The van der Waals surface area contributed by atoms with Crippen molar-refractivity contribution in [3.8, 4) is 0 Å². The molecule has 1 aromatic carbocycles. The SMILES string of the molecule is CCOC(=O)c1sc(N(C(=O)c2ccc(C)cc2)C2CCCC2)nc1C. The molecule has 1 aliphatic rings. The number of carbonyl (C=O) groups excluding carboxylic acids is 2. The number of ether oxygens (including phenoxy) is 1. The Labute approximate surface area is 158 Å². The van der Waals surface area contributed by atoms with Crippen LogP contribution >= 0.6 is 11.3 Å². The molecule has 0 bridgehead atoms. The second kappa shape index (κ2) is 7.99. The Hall–Kier alpha value is -2.21. The molecule has 0 saturated heterocycles. The van der Waals surface area contributed by atoms with Crippen LogP contribution in [0, 0.1) is 13.8 Å². The van der Waals surface area contributed by atoms with E-state index in [0.29, 0.717) is 27.9 Å². The number of aromatic nitrogens is 1. The third kappa shape index (κ3) is 3.80. The van der Waals surface area contributed by atoms with Crippen molar-refractivity contribution in [2.45, 2.75) is 52.5 Å². The zero-order chi connectivity index (χ0) is 18.7. The molecule has 1 aliphatic carbocycles. The predicted molar refractivity (Wildman–Crippen MR) is 103 cm³/mol. The predicted octanol–water partition coefficient (Wildman–Crippen LogP) is 4.53. The van der Waals surface area contributed by atoms with Crippen molar-refractivity contribution in [3.05, 3.63) is 46.0 Å². The van der Waals surface area contributed by atoms with Crippen molar-refractivity contribution in [1.29, 1.82) is 0 Å². The van der Waals surface area contributed by atoms with Crippen LogP contribution in [0.1, 0.15) is 63.9 Å². The summed E-state index contributed by atoms with van der Waals surface area (Å²) in [6, 6.07) is 7.72. The van der Waals surface area contributed by atoms with Crippen LogP contribution in [-0.4, -0.2) is 29.5 Å². The lowest BCUT2D eigenvalue weighted by Crippen LogP contribution is -2.39. The second-order valence-corrected chi connectivity index (χ2v) is 7.59. The molecule has 0 aliphatic heterocycles. The topological polar surface area (TPSA) is 59.5 Å². The highest BCUT2D eigenvalue weighted by Crippen LogP contribution is 2.34. The number of hydrogen-bond donors (Lipinski definition) is 0. The molecule has 2 aromatic rings. The first-order chi connectivity index (χ1) is 12.5. The lowest BCUT2D eigenvalue weighted by Gasteiger charge is -2.26. The molecule has 0 radical (unpaired) electrons. The molecule has 5 nitrogen and oxygen atoms in total. The first kappa shape index (κ1) is 18.6. The molecule has 1 saturated carbocycles. The molecule has 0 N–H and O–H groups in total. The molecular weight excluding hydrogens is 348 g/mol. The van der Waals surface area contributed by atoms with Gasteiger partial charge < -0.3 is 4.74 Å². The average Bonchev–Trinajstić information content (AvgIpc) is 3.26. The molecule has 1 amide bonds. The highest BCUT2D eigenvalue weighted by atomic mass is 32.1. The van der Waals surface area contributed by atoms with Gasteiger partial charge in [-0.3, -0.25) is 9.69 Å². The van der Waals surface area contributed by atoms with Crippen molar-refractivity contribution in [3.63, 3.8) is 0 Å². The molecule has 1 fully saturated rings. The van der Waals surface area contributed by atoms with E-state index in [1.807, 2.05) is 31.2 Å². The Balaban J connectivity index is 1.96. The third-order valence-corrected chi connectivity index (χ3v) is 5.80. The fourth-order valence-electron chi connectivity index (χ4n) is 3.28. The molecule has 0 unspecified atom stereocenters. The molecule has 138 valence electrons. The van der Waals surface area contributed by atoms with Gasteiger partial charge in [0.1, 0.15) is 4.88 Å². The van der Waals surface area contributed by atoms with Gasteiger partial charge in [-0.1, -0.05) is 41.9 Å². The van der Waals surface area contributed by atoms with Crippen LogP contribution < -0.4 is 4.90 Å². The van der Waals surface area contributed by atoms with Crippen molar-refractivity contribution < 1.29 is 14.3 Å². The van der Waals surface area contributed by atoms with Crippen molar-refractivity contribution in [2.24, 2.45) is 0 Å². The van der Waals surface area contributed by atoms with Gasteiger partial charge in [0.2, 0.25) is 0 Å². The van der Waals surface area contributed by atoms with Crippen LogP contribution in [-0.2, 0) is 4.74 Å².